The maximum Gasteiger partial charge on any atom is 0.254 e. The molecular formula is C19H30N6. The van der Waals surface area contributed by atoms with Crippen molar-refractivity contribution in [3.8, 4) is 0 Å². The van der Waals surface area contributed by atoms with E-state index >= 15 is 0 Å². The molecule has 6 nitrogen and oxygen atoms in total. The topological polar surface area (TPSA) is 58.4 Å². The number of aryl methyl sites for hydroxylation is 1. The highest BCUT2D eigenvalue weighted by Gasteiger charge is 2.24. The Morgan fingerprint density at radius 3 is 2.72 bits per heavy atom. The van der Waals surface area contributed by atoms with Crippen LogP contribution in [0.2, 0.25) is 0 Å². The second-order valence-corrected chi connectivity index (χ2v) is 7.72. The number of rotatable bonds is 6. The predicted octanol–water partition coefficient (Wildman–Crippen LogP) is 3.14. The van der Waals surface area contributed by atoms with Gasteiger partial charge in [0.05, 0.1) is 0 Å². The fourth-order valence-electron chi connectivity index (χ4n) is 4.38. The maximum atomic E-state index is 4.59. The summed E-state index contributed by atoms with van der Waals surface area (Å²) in [6, 6.07) is 2.67. The van der Waals surface area contributed by atoms with Gasteiger partial charge in [-0.1, -0.05) is 26.2 Å². The highest BCUT2D eigenvalue weighted by Crippen LogP contribution is 2.27. The summed E-state index contributed by atoms with van der Waals surface area (Å²) < 4.78 is 1.84. The Labute approximate surface area is 150 Å². The maximum absolute atomic E-state index is 4.59. The van der Waals surface area contributed by atoms with Gasteiger partial charge in [-0.05, 0) is 38.0 Å². The van der Waals surface area contributed by atoms with E-state index in [1.54, 1.807) is 6.33 Å². The molecule has 25 heavy (non-hydrogen) atoms. The molecule has 0 radical (unpaired) electrons. The van der Waals surface area contributed by atoms with Crippen LogP contribution < -0.4 is 5.32 Å². The van der Waals surface area contributed by atoms with Gasteiger partial charge in [0, 0.05) is 37.4 Å². The Balaban J connectivity index is 1.38. The lowest BCUT2D eigenvalue weighted by atomic mass is 10.0. The normalized spacial score (nSPS) is 20.5. The third kappa shape index (κ3) is 3.94. The lowest BCUT2D eigenvalue weighted by Gasteiger charge is -2.34. The fraction of sp³-hybridized carbons (Fsp3) is 0.737. The molecule has 1 aliphatic heterocycles. The monoisotopic (exact) mass is 342 g/mol. The van der Waals surface area contributed by atoms with Crippen molar-refractivity contribution in [2.45, 2.75) is 64.3 Å². The number of nitrogens with one attached hydrogen (secondary N) is 1. The van der Waals surface area contributed by atoms with Crippen LogP contribution in [-0.2, 0) is 6.42 Å². The van der Waals surface area contributed by atoms with E-state index in [0.717, 1.165) is 30.3 Å². The molecule has 6 heteroatoms. The van der Waals surface area contributed by atoms with Crippen LogP contribution in [0.25, 0.3) is 5.78 Å². The Morgan fingerprint density at radius 2 is 1.96 bits per heavy atom. The van der Waals surface area contributed by atoms with Gasteiger partial charge in [-0.15, -0.1) is 0 Å². The zero-order valence-corrected chi connectivity index (χ0v) is 15.3. The smallest absolute Gasteiger partial charge is 0.254 e. The van der Waals surface area contributed by atoms with Crippen molar-refractivity contribution in [2.24, 2.45) is 5.92 Å². The first kappa shape index (κ1) is 16.8. The number of nitrogens with zero attached hydrogens (tertiary/aromatic N) is 5. The largest absolute Gasteiger partial charge is 0.367 e. The van der Waals surface area contributed by atoms with Gasteiger partial charge >= 0.3 is 0 Å². The number of likely N-dealkylation sites (tertiary alicyclic amines) is 1. The molecule has 3 heterocycles. The van der Waals surface area contributed by atoms with Crippen LogP contribution in [-0.4, -0.2) is 50.2 Å². The first-order valence-corrected chi connectivity index (χ1v) is 10.0. The molecule has 1 N–H and O–H groups in total. The van der Waals surface area contributed by atoms with Crippen LogP contribution in [0.1, 0.15) is 57.6 Å². The molecule has 0 amide bonds. The van der Waals surface area contributed by atoms with Crippen molar-refractivity contribution in [3.63, 3.8) is 0 Å². The van der Waals surface area contributed by atoms with Gasteiger partial charge in [0.25, 0.3) is 5.78 Å². The summed E-state index contributed by atoms with van der Waals surface area (Å²) in [7, 11) is 0. The molecule has 1 saturated heterocycles. The molecule has 4 rings (SSSR count). The SMILES string of the molecule is CCCc1cc(NC2CCN(CC3CCCC3)CC2)n2ncnc2n1. The summed E-state index contributed by atoms with van der Waals surface area (Å²) >= 11 is 0. The third-order valence-electron chi connectivity index (χ3n) is 5.74. The Kier molecular flexibility index (Phi) is 5.15. The molecule has 1 aliphatic carbocycles. The Morgan fingerprint density at radius 1 is 1.16 bits per heavy atom. The van der Waals surface area contributed by atoms with Gasteiger partial charge in [0.15, 0.2) is 0 Å². The summed E-state index contributed by atoms with van der Waals surface area (Å²) in [6.45, 7) is 5.92. The first-order valence-electron chi connectivity index (χ1n) is 10.0. The Hall–Kier alpha value is -1.69. The highest BCUT2D eigenvalue weighted by atomic mass is 15.4. The molecule has 0 aromatic carbocycles. The van der Waals surface area contributed by atoms with Gasteiger partial charge in [0.1, 0.15) is 12.1 Å². The molecule has 2 fully saturated rings. The Bertz CT molecular complexity index is 682. The molecule has 0 spiro atoms. The zero-order chi connectivity index (χ0) is 17.1. The number of hydrogen-bond acceptors (Lipinski definition) is 5. The molecular weight excluding hydrogens is 312 g/mol. The number of anilines is 1. The van der Waals surface area contributed by atoms with Gasteiger partial charge in [-0.3, -0.25) is 0 Å². The number of piperidine rings is 1. The molecule has 2 aromatic heterocycles. The van der Waals surface area contributed by atoms with Crippen molar-refractivity contribution < 1.29 is 0 Å². The minimum Gasteiger partial charge on any atom is -0.367 e. The van der Waals surface area contributed by atoms with Crippen LogP contribution in [0.4, 0.5) is 5.82 Å². The van der Waals surface area contributed by atoms with Crippen LogP contribution in [0.3, 0.4) is 0 Å². The summed E-state index contributed by atoms with van der Waals surface area (Å²) in [6.07, 6.45) is 11.8. The molecule has 136 valence electrons. The van der Waals surface area contributed by atoms with Crippen LogP contribution in [0.5, 0.6) is 0 Å². The van der Waals surface area contributed by atoms with Gasteiger partial charge in [-0.2, -0.15) is 14.6 Å². The van der Waals surface area contributed by atoms with E-state index in [2.05, 4.69) is 38.3 Å². The second kappa shape index (κ2) is 7.68. The molecule has 0 bridgehead atoms. The third-order valence-corrected chi connectivity index (χ3v) is 5.74. The van der Waals surface area contributed by atoms with E-state index < -0.39 is 0 Å². The van der Waals surface area contributed by atoms with Crippen molar-refractivity contribution in [1.82, 2.24) is 24.5 Å². The number of hydrogen-bond donors (Lipinski definition) is 1. The lowest BCUT2D eigenvalue weighted by molar-refractivity contribution is 0.189. The standard InChI is InChI=1S/C19H30N6/c1-2-5-17-12-18(25-19(23-17)20-14-21-25)22-16-8-10-24(11-9-16)13-15-6-3-4-7-15/h12,14-16,22H,2-11,13H2,1H3. The average Bonchev–Trinajstić information content (AvgIpc) is 3.28. The fourth-order valence-corrected chi connectivity index (χ4v) is 4.38. The van der Waals surface area contributed by atoms with Crippen LogP contribution in [0.15, 0.2) is 12.4 Å². The van der Waals surface area contributed by atoms with Crippen molar-refractivity contribution >= 4 is 11.6 Å². The van der Waals surface area contributed by atoms with E-state index in [0.29, 0.717) is 11.8 Å². The lowest BCUT2D eigenvalue weighted by Crippen LogP contribution is -2.41. The van der Waals surface area contributed by atoms with E-state index in [1.807, 2.05) is 4.52 Å². The first-order chi connectivity index (χ1) is 12.3. The van der Waals surface area contributed by atoms with E-state index in [4.69, 9.17) is 0 Å². The molecule has 2 aliphatic rings. The molecule has 0 atom stereocenters. The average molecular weight is 342 g/mol. The van der Waals surface area contributed by atoms with Gasteiger partial charge in [0.2, 0.25) is 0 Å². The van der Waals surface area contributed by atoms with E-state index in [9.17, 15) is 0 Å². The van der Waals surface area contributed by atoms with Crippen molar-refractivity contribution in [3.05, 3.63) is 18.1 Å². The highest BCUT2D eigenvalue weighted by molar-refractivity contribution is 5.45. The minimum atomic E-state index is 0.518. The molecule has 1 saturated carbocycles. The number of fused-ring (bicyclic) bond motifs is 1. The summed E-state index contributed by atoms with van der Waals surface area (Å²) in [4.78, 5) is 11.5. The molecule has 0 unspecified atom stereocenters. The van der Waals surface area contributed by atoms with E-state index in [1.165, 1.54) is 58.2 Å². The summed E-state index contributed by atoms with van der Waals surface area (Å²) in [5.41, 5.74) is 1.10. The van der Waals surface area contributed by atoms with Gasteiger partial charge < -0.3 is 10.2 Å². The van der Waals surface area contributed by atoms with Gasteiger partial charge in [-0.25, -0.2) is 4.98 Å². The summed E-state index contributed by atoms with van der Waals surface area (Å²) in [5, 5.41) is 8.06. The minimum absolute atomic E-state index is 0.518. The quantitative estimate of drug-likeness (QED) is 0.874. The molecule has 2 aromatic rings. The van der Waals surface area contributed by atoms with Crippen molar-refractivity contribution in [2.75, 3.05) is 25.0 Å². The zero-order valence-electron chi connectivity index (χ0n) is 15.3. The summed E-state index contributed by atoms with van der Waals surface area (Å²) in [5.74, 6) is 2.70. The van der Waals surface area contributed by atoms with Crippen molar-refractivity contribution in [1.29, 1.82) is 0 Å². The number of aromatic nitrogens is 4. The van der Waals surface area contributed by atoms with Crippen LogP contribution >= 0.6 is 0 Å². The van der Waals surface area contributed by atoms with Crippen LogP contribution in [0, 0.1) is 5.92 Å². The van der Waals surface area contributed by atoms with E-state index in [-0.39, 0.29) is 0 Å². The predicted molar refractivity (Wildman–Crippen MR) is 99.8 cm³/mol. The second-order valence-electron chi connectivity index (χ2n) is 7.72.